The molecule has 0 radical (unpaired) electrons. The number of rotatable bonds is 5. The van der Waals surface area contributed by atoms with Gasteiger partial charge in [-0.15, -0.1) is 0 Å². The van der Waals surface area contributed by atoms with Gasteiger partial charge < -0.3 is 4.74 Å². The van der Waals surface area contributed by atoms with Crippen molar-refractivity contribution in [3.05, 3.63) is 65.7 Å². The summed E-state index contributed by atoms with van der Waals surface area (Å²) in [4.78, 5) is 12.6. The van der Waals surface area contributed by atoms with E-state index in [-0.39, 0.29) is 5.97 Å². The summed E-state index contributed by atoms with van der Waals surface area (Å²) in [5.41, 5.74) is 1.75. The maximum absolute atomic E-state index is 12.6. The molecule has 0 fully saturated rings. The van der Waals surface area contributed by atoms with Gasteiger partial charge in [0.05, 0.1) is 12.3 Å². The van der Waals surface area contributed by atoms with Crippen molar-refractivity contribution < 1.29 is 9.53 Å². The fraction of sp³-hybridized carbons (Fsp3) is 0.278. The van der Waals surface area contributed by atoms with E-state index < -0.39 is 5.54 Å². The Morgan fingerprint density at radius 3 is 2.59 bits per heavy atom. The van der Waals surface area contributed by atoms with Gasteiger partial charge in [0.25, 0.3) is 0 Å². The number of nitrogens with zero attached hydrogens (tertiary/aromatic N) is 2. The van der Waals surface area contributed by atoms with E-state index in [2.05, 4.69) is 22.4 Å². The Morgan fingerprint density at radius 2 is 1.82 bits per heavy atom. The zero-order valence-electron chi connectivity index (χ0n) is 12.5. The maximum Gasteiger partial charge on any atom is 0.340 e. The van der Waals surface area contributed by atoms with Crippen LogP contribution in [0.1, 0.15) is 24.5 Å². The lowest BCUT2D eigenvalue weighted by Crippen LogP contribution is -2.34. The van der Waals surface area contributed by atoms with Crippen molar-refractivity contribution in [2.24, 2.45) is 10.2 Å². The number of hydrogen-bond donors (Lipinski definition) is 0. The Morgan fingerprint density at radius 1 is 1.09 bits per heavy atom. The average Bonchev–Trinajstić information content (AvgIpc) is 2.94. The molecule has 22 heavy (non-hydrogen) atoms. The molecule has 3 rings (SSSR count). The van der Waals surface area contributed by atoms with Crippen LogP contribution < -0.4 is 0 Å². The molecule has 0 saturated carbocycles. The van der Waals surface area contributed by atoms with Gasteiger partial charge in [0.1, 0.15) is 0 Å². The summed E-state index contributed by atoms with van der Waals surface area (Å²) in [5, 5.41) is 8.51. The van der Waals surface area contributed by atoms with Crippen molar-refractivity contribution in [3.8, 4) is 0 Å². The second kappa shape index (κ2) is 6.10. The third kappa shape index (κ3) is 2.52. The van der Waals surface area contributed by atoms with Gasteiger partial charge in [-0.25, -0.2) is 4.79 Å². The normalized spacial score (nSPS) is 19.0. The number of fused-ring (bicyclic) bond motifs is 1. The second-order valence-electron chi connectivity index (χ2n) is 5.28. The van der Waals surface area contributed by atoms with Gasteiger partial charge in [0, 0.05) is 5.56 Å². The number of azo groups is 1. The molecule has 1 heterocycles. The smallest absolute Gasteiger partial charge is 0.340 e. The fourth-order valence-corrected chi connectivity index (χ4v) is 2.76. The van der Waals surface area contributed by atoms with Crippen LogP contribution in [0.15, 0.2) is 64.8 Å². The first-order valence-electron chi connectivity index (χ1n) is 7.50. The zero-order valence-corrected chi connectivity index (χ0v) is 12.5. The van der Waals surface area contributed by atoms with Gasteiger partial charge in [-0.2, -0.15) is 10.2 Å². The molecular weight excluding hydrogens is 276 g/mol. The van der Waals surface area contributed by atoms with Gasteiger partial charge >= 0.3 is 5.97 Å². The standard InChI is InChI=1S/C18H18N2O2/c1-2-22-17(21)18(13-12-14-8-4-3-5-9-14)15-10-6-7-11-16(15)19-20-18/h3-11H,2,12-13H2,1H3. The number of carbonyl (C=O) groups excluding carboxylic acids is 1. The highest BCUT2D eigenvalue weighted by Gasteiger charge is 2.46. The topological polar surface area (TPSA) is 51.0 Å². The van der Waals surface area contributed by atoms with Crippen LogP contribution in [0.25, 0.3) is 0 Å². The predicted molar refractivity (Wildman–Crippen MR) is 84.0 cm³/mol. The zero-order chi connectivity index (χ0) is 15.4. The SMILES string of the molecule is CCOC(=O)C1(CCc2ccccc2)N=Nc2ccccc21. The van der Waals surface area contributed by atoms with Gasteiger partial charge in [0.2, 0.25) is 5.54 Å². The summed E-state index contributed by atoms with van der Waals surface area (Å²) >= 11 is 0. The molecule has 1 aliphatic rings. The third-order valence-electron chi connectivity index (χ3n) is 3.91. The summed E-state index contributed by atoms with van der Waals surface area (Å²) < 4.78 is 5.28. The molecule has 0 aromatic heterocycles. The Kier molecular flexibility index (Phi) is 4.00. The van der Waals surface area contributed by atoms with Crippen molar-refractivity contribution in [3.63, 3.8) is 0 Å². The Hall–Kier alpha value is -2.49. The van der Waals surface area contributed by atoms with Gasteiger partial charge in [-0.1, -0.05) is 48.5 Å². The van der Waals surface area contributed by atoms with Crippen LogP contribution in [-0.2, 0) is 21.5 Å². The third-order valence-corrected chi connectivity index (χ3v) is 3.91. The first-order valence-corrected chi connectivity index (χ1v) is 7.50. The molecule has 2 aromatic rings. The van der Waals surface area contributed by atoms with E-state index in [0.717, 1.165) is 17.7 Å². The molecule has 4 heteroatoms. The molecule has 0 N–H and O–H groups in total. The van der Waals surface area contributed by atoms with E-state index in [1.807, 2.05) is 42.5 Å². The molecule has 4 nitrogen and oxygen atoms in total. The molecule has 1 unspecified atom stereocenters. The van der Waals surface area contributed by atoms with Gasteiger partial charge in [-0.3, -0.25) is 0 Å². The van der Waals surface area contributed by atoms with E-state index in [4.69, 9.17) is 4.74 Å². The van der Waals surface area contributed by atoms with Crippen LogP contribution in [0, 0.1) is 0 Å². The highest BCUT2D eigenvalue weighted by atomic mass is 16.5. The summed E-state index contributed by atoms with van der Waals surface area (Å²) in [6.07, 6.45) is 1.30. The quantitative estimate of drug-likeness (QED) is 0.777. The average molecular weight is 294 g/mol. The van der Waals surface area contributed by atoms with E-state index in [9.17, 15) is 4.79 Å². The molecule has 2 aromatic carbocycles. The summed E-state index contributed by atoms with van der Waals surface area (Å²) in [6.45, 7) is 2.14. The van der Waals surface area contributed by atoms with Crippen LogP contribution in [0.5, 0.6) is 0 Å². The van der Waals surface area contributed by atoms with Crippen LogP contribution in [0.3, 0.4) is 0 Å². The van der Waals surface area contributed by atoms with Crippen LogP contribution in [-0.4, -0.2) is 12.6 Å². The van der Waals surface area contributed by atoms with E-state index in [1.165, 1.54) is 5.56 Å². The molecule has 0 aliphatic carbocycles. The molecule has 0 bridgehead atoms. The summed E-state index contributed by atoms with van der Waals surface area (Å²) in [7, 11) is 0. The lowest BCUT2D eigenvalue weighted by molar-refractivity contribution is -0.150. The molecule has 0 amide bonds. The summed E-state index contributed by atoms with van der Waals surface area (Å²) in [6, 6.07) is 17.7. The number of esters is 1. The molecule has 0 saturated heterocycles. The van der Waals surface area contributed by atoms with Crippen molar-refractivity contribution in [1.29, 1.82) is 0 Å². The minimum Gasteiger partial charge on any atom is -0.464 e. The largest absolute Gasteiger partial charge is 0.464 e. The number of ether oxygens (including phenoxy) is 1. The van der Waals surface area contributed by atoms with Crippen LogP contribution in [0.2, 0.25) is 0 Å². The lowest BCUT2D eigenvalue weighted by Gasteiger charge is -2.23. The Bertz CT molecular complexity index is 697. The van der Waals surface area contributed by atoms with Crippen molar-refractivity contribution in [2.75, 3.05) is 6.61 Å². The monoisotopic (exact) mass is 294 g/mol. The summed E-state index contributed by atoms with van der Waals surface area (Å²) in [5.74, 6) is -0.320. The molecule has 1 atom stereocenters. The fourth-order valence-electron chi connectivity index (χ4n) is 2.76. The molecule has 112 valence electrons. The Balaban J connectivity index is 1.92. The molecule has 1 aliphatic heterocycles. The van der Waals surface area contributed by atoms with Crippen molar-refractivity contribution >= 4 is 11.7 Å². The number of carbonyl (C=O) groups is 1. The van der Waals surface area contributed by atoms with E-state index in [1.54, 1.807) is 6.92 Å². The van der Waals surface area contributed by atoms with Crippen LogP contribution >= 0.6 is 0 Å². The van der Waals surface area contributed by atoms with Crippen molar-refractivity contribution in [1.82, 2.24) is 0 Å². The van der Waals surface area contributed by atoms with E-state index >= 15 is 0 Å². The number of hydrogen-bond acceptors (Lipinski definition) is 4. The molecule has 0 spiro atoms. The Labute approximate surface area is 129 Å². The maximum atomic E-state index is 12.6. The van der Waals surface area contributed by atoms with Crippen LogP contribution in [0.4, 0.5) is 5.69 Å². The van der Waals surface area contributed by atoms with E-state index in [0.29, 0.717) is 13.0 Å². The predicted octanol–water partition coefficient (Wildman–Crippen LogP) is 4.18. The molecular formula is C18H18N2O2. The number of benzene rings is 2. The van der Waals surface area contributed by atoms with Crippen molar-refractivity contribution in [2.45, 2.75) is 25.3 Å². The number of aryl methyl sites for hydroxylation is 1. The lowest BCUT2D eigenvalue weighted by atomic mass is 9.85. The van der Waals surface area contributed by atoms with Gasteiger partial charge in [-0.05, 0) is 31.4 Å². The van der Waals surface area contributed by atoms with Gasteiger partial charge in [0.15, 0.2) is 0 Å². The first kappa shape index (κ1) is 14.4. The minimum absolute atomic E-state index is 0.320. The highest BCUT2D eigenvalue weighted by molar-refractivity contribution is 5.86. The highest BCUT2D eigenvalue weighted by Crippen LogP contribution is 2.44. The second-order valence-corrected chi connectivity index (χ2v) is 5.28. The first-order chi connectivity index (χ1) is 10.8. The minimum atomic E-state index is -1.01.